The summed E-state index contributed by atoms with van der Waals surface area (Å²) in [7, 11) is 1.97. The lowest BCUT2D eigenvalue weighted by atomic mass is 10.1. The fourth-order valence-electron chi connectivity index (χ4n) is 4.93. The first-order valence-electron chi connectivity index (χ1n) is 11.8. The van der Waals surface area contributed by atoms with Crippen LogP contribution in [0.5, 0.6) is 0 Å². The van der Waals surface area contributed by atoms with Gasteiger partial charge in [0.05, 0.1) is 35.5 Å². The Kier molecular flexibility index (Phi) is 5.44. The molecule has 0 aliphatic carbocycles. The fraction of sp³-hybridized carbons (Fsp3) is 0.308. The van der Waals surface area contributed by atoms with Crippen LogP contribution in [0.3, 0.4) is 0 Å². The van der Waals surface area contributed by atoms with E-state index in [-0.39, 0.29) is 0 Å². The number of aryl methyl sites for hydroxylation is 3. The van der Waals surface area contributed by atoms with Gasteiger partial charge in [0.15, 0.2) is 0 Å². The highest BCUT2D eigenvalue weighted by Gasteiger charge is 2.27. The smallest absolute Gasteiger partial charge is 0.227 e. The van der Waals surface area contributed by atoms with Crippen molar-refractivity contribution in [3.05, 3.63) is 70.1 Å². The second-order valence-electron chi connectivity index (χ2n) is 9.30. The Bertz CT molecular complexity index is 1500. The zero-order valence-electron chi connectivity index (χ0n) is 20.0. The molecule has 0 saturated carbocycles. The molecule has 0 bridgehead atoms. The Morgan fingerprint density at radius 2 is 1.97 bits per heavy atom. The average Bonchev–Trinajstić information content (AvgIpc) is 3.56. The molecule has 1 atom stereocenters. The lowest BCUT2D eigenvalue weighted by Gasteiger charge is -2.20. The van der Waals surface area contributed by atoms with Gasteiger partial charge in [-0.05, 0) is 49.6 Å². The largest absolute Gasteiger partial charge is 0.364 e. The molecule has 0 amide bonds. The number of hydrogen-bond donors (Lipinski definition) is 1. The highest BCUT2D eigenvalue weighted by atomic mass is 79.9. The van der Waals surface area contributed by atoms with Gasteiger partial charge in [0, 0.05) is 41.6 Å². The van der Waals surface area contributed by atoms with Crippen molar-refractivity contribution in [3.8, 4) is 0 Å². The van der Waals surface area contributed by atoms with E-state index in [9.17, 15) is 0 Å². The van der Waals surface area contributed by atoms with E-state index in [2.05, 4.69) is 86.3 Å². The maximum absolute atomic E-state index is 5.02. The number of nitrogens with one attached hydrogen (secondary N) is 1. The third-order valence-corrected chi connectivity index (χ3v) is 7.35. The van der Waals surface area contributed by atoms with Crippen molar-refractivity contribution in [3.63, 3.8) is 0 Å². The Morgan fingerprint density at radius 1 is 1.11 bits per heavy atom. The topological polar surface area (TPSA) is 76.7 Å². The predicted octanol–water partition coefficient (Wildman–Crippen LogP) is 5.16. The third kappa shape index (κ3) is 4.03. The van der Waals surface area contributed by atoms with E-state index < -0.39 is 0 Å². The van der Waals surface area contributed by atoms with Crippen molar-refractivity contribution >= 4 is 49.5 Å². The van der Waals surface area contributed by atoms with Crippen molar-refractivity contribution in [2.75, 3.05) is 23.3 Å². The molecule has 3 aromatic heterocycles. The van der Waals surface area contributed by atoms with Gasteiger partial charge in [0.2, 0.25) is 5.95 Å². The maximum atomic E-state index is 5.02. The third-order valence-electron chi connectivity index (χ3n) is 6.89. The minimum absolute atomic E-state index is 0.293. The molecule has 0 spiro atoms. The second-order valence-corrected chi connectivity index (χ2v) is 10.2. The lowest BCUT2D eigenvalue weighted by molar-refractivity contribution is 0.498. The summed E-state index contributed by atoms with van der Waals surface area (Å²) in [6.45, 7) is 6.54. The molecule has 1 N–H and O–H groups in total. The summed E-state index contributed by atoms with van der Waals surface area (Å²) in [6.07, 6.45) is 5.05. The Labute approximate surface area is 212 Å². The Balaban J connectivity index is 1.33. The van der Waals surface area contributed by atoms with Crippen LogP contribution in [0.4, 0.5) is 11.8 Å². The van der Waals surface area contributed by atoms with E-state index in [0.29, 0.717) is 12.6 Å². The predicted molar refractivity (Wildman–Crippen MR) is 143 cm³/mol. The standard InChI is InChI=1S/C26H27BrN8/c1-16-10-19(27)11-21-24(16)30-26(31-25(21)28-13-23-17(2)12-29-33(23)3)34-9-8-20(15-34)35-14-18-6-4-5-7-22(18)32-35/h4-7,10-12,14,20H,8-9,13,15H2,1-3H3,(H,28,30,31). The van der Waals surface area contributed by atoms with Gasteiger partial charge in [0.1, 0.15) is 5.82 Å². The van der Waals surface area contributed by atoms with E-state index in [0.717, 1.165) is 69.0 Å². The zero-order valence-corrected chi connectivity index (χ0v) is 21.6. The molecular formula is C26H27BrN8. The normalized spacial score (nSPS) is 16.0. The molecule has 1 fully saturated rings. The van der Waals surface area contributed by atoms with Crippen molar-refractivity contribution in [2.45, 2.75) is 32.9 Å². The van der Waals surface area contributed by atoms with Crippen molar-refractivity contribution < 1.29 is 0 Å². The van der Waals surface area contributed by atoms with Crippen LogP contribution < -0.4 is 10.2 Å². The van der Waals surface area contributed by atoms with Crippen molar-refractivity contribution in [2.24, 2.45) is 7.05 Å². The van der Waals surface area contributed by atoms with Gasteiger partial charge < -0.3 is 10.2 Å². The highest BCUT2D eigenvalue weighted by Crippen LogP contribution is 2.32. The summed E-state index contributed by atoms with van der Waals surface area (Å²) >= 11 is 3.65. The molecule has 4 heterocycles. The number of anilines is 2. The average molecular weight is 531 g/mol. The summed E-state index contributed by atoms with van der Waals surface area (Å²) in [5.41, 5.74) is 5.41. The van der Waals surface area contributed by atoms with Gasteiger partial charge in [-0.1, -0.05) is 34.1 Å². The number of hydrogen-bond acceptors (Lipinski definition) is 6. The monoisotopic (exact) mass is 530 g/mol. The number of rotatable bonds is 5. The number of halogens is 1. The molecule has 1 aliphatic heterocycles. The molecule has 5 aromatic rings. The molecule has 8 nitrogen and oxygen atoms in total. The first-order valence-corrected chi connectivity index (χ1v) is 12.6. The van der Waals surface area contributed by atoms with E-state index in [1.165, 1.54) is 5.39 Å². The molecule has 1 unspecified atom stereocenters. The minimum atomic E-state index is 0.293. The summed E-state index contributed by atoms with van der Waals surface area (Å²) < 4.78 is 5.04. The van der Waals surface area contributed by atoms with Gasteiger partial charge in [0.25, 0.3) is 0 Å². The summed E-state index contributed by atoms with van der Waals surface area (Å²) in [6, 6.07) is 12.8. The van der Waals surface area contributed by atoms with Crippen LogP contribution in [0.2, 0.25) is 0 Å². The molecule has 35 heavy (non-hydrogen) atoms. The first kappa shape index (κ1) is 22.0. The van der Waals surface area contributed by atoms with Gasteiger partial charge in [-0.15, -0.1) is 0 Å². The second kappa shape index (κ2) is 8.64. The Hall–Kier alpha value is -3.46. The number of benzene rings is 2. The van der Waals surface area contributed by atoms with Crippen LogP contribution in [0, 0.1) is 13.8 Å². The lowest BCUT2D eigenvalue weighted by Crippen LogP contribution is -2.24. The van der Waals surface area contributed by atoms with Crippen LogP contribution >= 0.6 is 15.9 Å². The van der Waals surface area contributed by atoms with Crippen LogP contribution in [0.15, 0.2) is 53.3 Å². The molecule has 9 heteroatoms. The quantitative estimate of drug-likeness (QED) is 0.338. The van der Waals surface area contributed by atoms with Crippen LogP contribution in [0.25, 0.3) is 21.8 Å². The number of aromatic nitrogens is 6. The molecular weight excluding hydrogens is 504 g/mol. The Morgan fingerprint density at radius 3 is 2.77 bits per heavy atom. The minimum Gasteiger partial charge on any atom is -0.364 e. The zero-order chi connectivity index (χ0) is 24.1. The van der Waals surface area contributed by atoms with Crippen molar-refractivity contribution in [1.82, 2.24) is 29.5 Å². The summed E-state index contributed by atoms with van der Waals surface area (Å²) in [5, 5.41) is 14.9. The van der Waals surface area contributed by atoms with Crippen LogP contribution in [-0.4, -0.2) is 42.6 Å². The van der Waals surface area contributed by atoms with Gasteiger partial charge in [-0.25, -0.2) is 4.98 Å². The van der Waals surface area contributed by atoms with Crippen molar-refractivity contribution in [1.29, 1.82) is 0 Å². The van der Waals surface area contributed by atoms with Gasteiger partial charge >= 0.3 is 0 Å². The fourth-order valence-corrected chi connectivity index (χ4v) is 5.50. The molecule has 6 rings (SSSR count). The van der Waals surface area contributed by atoms with Gasteiger partial charge in [-0.2, -0.15) is 15.2 Å². The van der Waals surface area contributed by atoms with E-state index in [4.69, 9.17) is 15.1 Å². The first-order chi connectivity index (χ1) is 17.0. The number of nitrogens with zero attached hydrogens (tertiary/aromatic N) is 7. The molecule has 178 valence electrons. The van der Waals surface area contributed by atoms with Crippen LogP contribution in [-0.2, 0) is 13.6 Å². The molecule has 1 saturated heterocycles. The summed E-state index contributed by atoms with van der Waals surface area (Å²) in [5.74, 6) is 1.59. The summed E-state index contributed by atoms with van der Waals surface area (Å²) in [4.78, 5) is 12.3. The SMILES string of the molecule is Cc1cnn(C)c1CNc1nc(N2CCC(n3cc4ccccc4n3)C2)nc2c(C)cc(Br)cc12. The molecule has 0 radical (unpaired) electrons. The van der Waals surface area contributed by atoms with Gasteiger partial charge in [-0.3, -0.25) is 9.36 Å². The molecule has 2 aromatic carbocycles. The highest BCUT2D eigenvalue weighted by molar-refractivity contribution is 9.10. The van der Waals surface area contributed by atoms with Crippen LogP contribution in [0.1, 0.15) is 29.3 Å². The number of fused-ring (bicyclic) bond motifs is 2. The molecule has 1 aliphatic rings. The van der Waals surface area contributed by atoms with E-state index in [1.807, 2.05) is 24.0 Å². The van der Waals surface area contributed by atoms with E-state index in [1.54, 1.807) is 0 Å². The maximum Gasteiger partial charge on any atom is 0.227 e. The van der Waals surface area contributed by atoms with E-state index >= 15 is 0 Å².